The predicted molar refractivity (Wildman–Crippen MR) is 57.2 cm³/mol. The molecule has 5 unspecified atom stereocenters. The van der Waals surface area contributed by atoms with Gasteiger partial charge in [-0.1, -0.05) is 0 Å². The van der Waals surface area contributed by atoms with Gasteiger partial charge >= 0.3 is 0 Å². The van der Waals surface area contributed by atoms with Crippen molar-refractivity contribution in [2.24, 2.45) is 0 Å². The minimum absolute atomic E-state index is 0.130. The molecule has 16 heavy (non-hydrogen) atoms. The van der Waals surface area contributed by atoms with Crippen molar-refractivity contribution in [2.75, 3.05) is 35.0 Å². The van der Waals surface area contributed by atoms with Crippen molar-refractivity contribution in [3.63, 3.8) is 0 Å². The van der Waals surface area contributed by atoms with Crippen LogP contribution in [0.1, 0.15) is 0 Å². The monoisotopic (exact) mass is 235 g/mol. The lowest BCUT2D eigenvalue weighted by atomic mass is 9.96. The van der Waals surface area contributed by atoms with Crippen LogP contribution in [0.15, 0.2) is 0 Å². The molecule has 96 valence electrons. The maximum Gasteiger partial charge on any atom is 0.175 e. The SMILES string of the molecule is CNC1C(OC)OC(CO)C(OC)C1OC. The first kappa shape index (κ1) is 13.8. The average molecular weight is 235 g/mol. The molecular weight excluding hydrogens is 214 g/mol. The highest BCUT2D eigenvalue weighted by molar-refractivity contribution is 4.94. The van der Waals surface area contributed by atoms with Crippen LogP contribution in [0.25, 0.3) is 0 Å². The van der Waals surface area contributed by atoms with Crippen molar-refractivity contribution in [1.82, 2.24) is 5.32 Å². The molecule has 0 saturated carbocycles. The molecule has 1 heterocycles. The van der Waals surface area contributed by atoms with Gasteiger partial charge in [0.1, 0.15) is 18.3 Å². The maximum atomic E-state index is 9.24. The molecule has 2 N–H and O–H groups in total. The lowest BCUT2D eigenvalue weighted by Crippen LogP contribution is -2.64. The molecule has 6 nitrogen and oxygen atoms in total. The van der Waals surface area contributed by atoms with Crippen molar-refractivity contribution in [2.45, 2.75) is 30.6 Å². The Balaban J connectivity index is 2.85. The first-order chi connectivity index (χ1) is 7.73. The molecule has 0 spiro atoms. The van der Waals surface area contributed by atoms with E-state index >= 15 is 0 Å². The maximum absolute atomic E-state index is 9.24. The van der Waals surface area contributed by atoms with E-state index in [9.17, 15) is 5.11 Å². The molecule has 0 aromatic rings. The van der Waals surface area contributed by atoms with Crippen molar-refractivity contribution >= 4 is 0 Å². The average Bonchev–Trinajstić information content (AvgIpc) is 2.35. The van der Waals surface area contributed by atoms with E-state index in [4.69, 9.17) is 18.9 Å². The Morgan fingerprint density at radius 3 is 2.12 bits per heavy atom. The number of hydrogen-bond donors (Lipinski definition) is 2. The Labute approximate surface area is 95.8 Å². The second kappa shape index (κ2) is 6.48. The van der Waals surface area contributed by atoms with Crippen LogP contribution in [0.2, 0.25) is 0 Å². The molecule has 0 amide bonds. The van der Waals surface area contributed by atoms with Gasteiger partial charge in [0.05, 0.1) is 12.6 Å². The van der Waals surface area contributed by atoms with Crippen LogP contribution in [-0.4, -0.2) is 70.7 Å². The fourth-order valence-electron chi connectivity index (χ4n) is 2.12. The summed E-state index contributed by atoms with van der Waals surface area (Å²) in [4.78, 5) is 0. The van der Waals surface area contributed by atoms with E-state index in [1.165, 1.54) is 0 Å². The summed E-state index contributed by atoms with van der Waals surface area (Å²) in [6, 6.07) is -0.136. The molecule has 1 aliphatic heterocycles. The van der Waals surface area contributed by atoms with Crippen LogP contribution in [0.5, 0.6) is 0 Å². The van der Waals surface area contributed by atoms with Crippen LogP contribution in [-0.2, 0) is 18.9 Å². The molecule has 1 rings (SSSR count). The first-order valence-corrected chi connectivity index (χ1v) is 5.25. The Hall–Kier alpha value is -0.240. The van der Waals surface area contributed by atoms with Gasteiger partial charge in [0.15, 0.2) is 6.29 Å². The Bertz CT molecular complexity index is 186. The van der Waals surface area contributed by atoms with Gasteiger partial charge in [0.2, 0.25) is 0 Å². The van der Waals surface area contributed by atoms with Crippen molar-refractivity contribution < 1.29 is 24.1 Å². The summed E-state index contributed by atoms with van der Waals surface area (Å²) in [5, 5.41) is 12.3. The third kappa shape index (κ3) is 2.53. The van der Waals surface area contributed by atoms with Gasteiger partial charge in [-0.15, -0.1) is 0 Å². The zero-order valence-corrected chi connectivity index (χ0v) is 10.2. The van der Waals surface area contributed by atoms with E-state index in [2.05, 4.69) is 5.32 Å². The number of hydrogen-bond acceptors (Lipinski definition) is 6. The largest absolute Gasteiger partial charge is 0.394 e. The summed E-state index contributed by atoms with van der Waals surface area (Å²) in [5.41, 5.74) is 0. The van der Waals surface area contributed by atoms with E-state index in [-0.39, 0.29) is 24.9 Å². The third-order valence-corrected chi connectivity index (χ3v) is 2.94. The smallest absolute Gasteiger partial charge is 0.175 e. The Kier molecular flexibility index (Phi) is 5.60. The second-order valence-corrected chi connectivity index (χ2v) is 3.68. The molecule has 0 radical (unpaired) electrons. The van der Waals surface area contributed by atoms with Crippen LogP contribution in [0.3, 0.4) is 0 Å². The number of aliphatic hydroxyl groups is 1. The zero-order chi connectivity index (χ0) is 12.1. The minimum Gasteiger partial charge on any atom is -0.394 e. The molecule has 0 bridgehead atoms. The molecule has 1 saturated heterocycles. The summed E-state index contributed by atoms with van der Waals surface area (Å²) in [6.07, 6.45) is -1.45. The summed E-state index contributed by atoms with van der Waals surface area (Å²) >= 11 is 0. The van der Waals surface area contributed by atoms with Crippen molar-refractivity contribution in [1.29, 1.82) is 0 Å². The van der Waals surface area contributed by atoms with Crippen LogP contribution in [0, 0.1) is 0 Å². The molecule has 1 fully saturated rings. The third-order valence-electron chi connectivity index (χ3n) is 2.94. The van der Waals surface area contributed by atoms with Gasteiger partial charge in [-0.05, 0) is 7.05 Å². The summed E-state index contributed by atoms with van der Waals surface area (Å²) < 4.78 is 21.5. The van der Waals surface area contributed by atoms with Crippen LogP contribution >= 0.6 is 0 Å². The Morgan fingerprint density at radius 1 is 1.12 bits per heavy atom. The summed E-state index contributed by atoms with van der Waals surface area (Å²) in [6.45, 7) is -0.130. The van der Waals surface area contributed by atoms with Gasteiger partial charge in [-0.3, -0.25) is 0 Å². The van der Waals surface area contributed by atoms with E-state index in [1.54, 1.807) is 28.4 Å². The predicted octanol–water partition coefficient (Wildman–Crippen LogP) is -1.03. The fourth-order valence-corrected chi connectivity index (χ4v) is 2.12. The molecule has 0 aliphatic carbocycles. The quantitative estimate of drug-likeness (QED) is 0.635. The van der Waals surface area contributed by atoms with E-state index < -0.39 is 12.4 Å². The van der Waals surface area contributed by atoms with E-state index in [0.717, 1.165) is 0 Å². The topological polar surface area (TPSA) is 69.2 Å². The van der Waals surface area contributed by atoms with E-state index in [0.29, 0.717) is 0 Å². The number of rotatable bonds is 5. The van der Waals surface area contributed by atoms with Crippen LogP contribution < -0.4 is 5.32 Å². The summed E-state index contributed by atoms with van der Waals surface area (Å²) in [7, 11) is 6.54. The minimum atomic E-state index is -0.460. The zero-order valence-electron chi connectivity index (χ0n) is 10.2. The van der Waals surface area contributed by atoms with Gasteiger partial charge in [0.25, 0.3) is 0 Å². The fraction of sp³-hybridized carbons (Fsp3) is 1.00. The second-order valence-electron chi connectivity index (χ2n) is 3.68. The molecule has 6 heteroatoms. The van der Waals surface area contributed by atoms with E-state index in [1.807, 2.05) is 0 Å². The molecule has 0 aromatic carbocycles. The number of methoxy groups -OCH3 is 3. The number of aliphatic hydroxyl groups excluding tert-OH is 1. The van der Waals surface area contributed by atoms with Crippen molar-refractivity contribution in [3.8, 4) is 0 Å². The van der Waals surface area contributed by atoms with Gasteiger partial charge in [-0.2, -0.15) is 0 Å². The molecular formula is C10H21NO5. The lowest BCUT2D eigenvalue weighted by molar-refractivity contribution is -0.271. The van der Waals surface area contributed by atoms with Gasteiger partial charge in [0, 0.05) is 21.3 Å². The standard InChI is InChI=1S/C10H21NO5/c1-11-7-9(14-3)8(13-2)6(5-12)16-10(7)15-4/h6-12H,5H2,1-4H3. The first-order valence-electron chi connectivity index (χ1n) is 5.25. The number of likely N-dealkylation sites (N-methyl/N-ethyl adjacent to an activating group) is 1. The molecule has 0 aromatic heterocycles. The van der Waals surface area contributed by atoms with Gasteiger partial charge in [-0.25, -0.2) is 0 Å². The summed E-state index contributed by atoms with van der Waals surface area (Å²) in [5.74, 6) is 0. The van der Waals surface area contributed by atoms with Crippen LogP contribution in [0.4, 0.5) is 0 Å². The number of ether oxygens (including phenoxy) is 4. The lowest BCUT2D eigenvalue weighted by Gasteiger charge is -2.44. The highest BCUT2D eigenvalue weighted by Crippen LogP contribution is 2.25. The van der Waals surface area contributed by atoms with Crippen molar-refractivity contribution in [3.05, 3.63) is 0 Å². The normalized spacial score (nSPS) is 39.9. The highest BCUT2D eigenvalue weighted by atomic mass is 16.7. The number of nitrogens with one attached hydrogen (secondary N) is 1. The molecule has 5 atom stereocenters. The van der Waals surface area contributed by atoms with Gasteiger partial charge < -0.3 is 29.4 Å². The Morgan fingerprint density at radius 2 is 1.75 bits per heavy atom. The molecule has 1 aliphatic rings. The highest BCUT2D eigenvalue weighted by Gasteiger charge is 2.45.